The Morgan fingerprint density at radius 2 is 2.15 bits per heavy atom. The monoisotopic (exact) mass is 193 g/mol. The highest BCUT2D eigenvalue weighted by Gasteiger charge is 2.14. The van der Waals surface area contributed by atoms with E-state index in [2.05, 4.69) is 36.5 Å². The van der Waals surface area contributed by atoms with Crippen LogP contribution in [-0.2, 0) is 6.42 Å². The predicted molar refractivity (Wildman–Crippen MR) is 59.1 cm³/mol. The minimum absolute atomic E-state index is 0.780. The molecular formula is C11H15NS. The Morgan fingerprint density at radius 3 is 2.77 bits per heavy atom. The standard InChI is InChI=1S/C11H15NS/c1-9-2-4-10(5-3-9)6-11-7-12-8-13-11/h2-5,11-12H,6-8H2,1H3. The third-order valence-corrected chi connectivity index (χ3v) is 3.55. The molecule has 0 spiro atoms. The van der Waals surface area contributed by atoms with Gasteiger partial charge in [-0.2, -0.15) is 0 Å². The molecule has 1 atom stereocenters. The van der Waals surface area contributed by atoms with Crippen molar-refractivity contribution in [3.05, 3.63) is 35.4 Å². The van der Waals surface area contributed by atoms with E-state index in [-0.39, 0.29) is 0 Å². The average molecular weight is 193 g/mol. The van der Waals surface area contributed by atoms with E-state index < -0.39 is 0 Å². The third kappa shape index (κ3) is 2.48. The van der Waals surface area contributed by atoms with Gasteiger partial charge in [-0.25, -0.2) is 0 Å². The van der Waals surface area contributed by atoms with Crippen molar-refractivity contribution in [3.8, 4) is 0 Å². The minimum atomic E-state index is 0.780. The lowest BCUT2D eigenvalue weighted by Crippen LogP contribution is -2.14. The summed E-state index contributed by atoms with van der Waals surface area (Å²) < 4.78 is 0. The summed E-state index contributed by atoms with van der Waals surface area (Å²) in [6, 6.07) is 8.88. The first-order chi connectivity index (χ1) is 6.34. The number of nitrogens with one attached hydrogen (secondary N) is 1. The topological polar surface area (TPSA) is 12.0 Å². The molecule has 1 saturated heterocycles. The summed E-state index contributed by atoms with van der Waals surface area (Å²) >= 11 is 2.03. The molecule has 1 heterocycles. The lowest BCUT2D eigenvalue weighted by Gasteiger charge is -2.07. The highest BCUT2D eigenvalue weighted by atomic mass is 32.2. The van der Waals surface area contributed by atoms with Crippen LogP contribution in [0.25, 0.3) is 0 Å². The van der Waals surface area contributed by atoms with Crippen molar-refractivity contribution in [1.29, 1.82) is 0 Å². The molecule has 0 saturated carbocycles. The molecule has 1 fully saturated rings. The molecule has 1 aromatic carbocycles. The van der Waals surface area contributed by atoms with Crippen molar-refractivity contribution in [2.75, 3.05) is 12.4 Å². The molecule has 0 bridgehead atoms. The van der Waals surface area contributed by atoms with E-state index in [1.807, 2.05) is 11.8 Å². The highest BCUT2D eigenvalue weighted by Crippen LogP contribution is 2.19. The first-order valence-electron chi connectivity index (χ1n) is 4.72. The lowest BCUT2D eigenvalue weighted by atomic mass is 10.1. The Bertz CT molecular complexity index is 262. The van der Waals surface area contributed by atoms with Crippen LogP contribution in [0.4, 0.5) is 0 Å². The zero-order valence-electron chi connectivity index (χ0n) is 7.92. The Morgan fingerprint density at radius 1 is 1.38 bits per heavy atom. The van der Waals surface area contributed by atoms with Gasteiger partial charge in [-0.15, -0.1) is 11.8 Å². The van der Waals surface area contributed by atoms with Crippen LogP contribution in [-0.4, -0.2) is 17.7 Å². The molecule has 1 aromatic rings. The molecular weight excluding hydrogens is 178 g/mol. The SMILES string of the molecule is Cc1ccc(CC2CNCS2)cc1. The lowest BCUT2D eigenvalue weighted by molar-refractivity contribution is 0.769. The molecule has 0 aliphatic carbocycles. The molecule has 1 unspecified atom stereocenters. The molecule has 70 valence electrons. The van der Waals surface area contributed by atoms with Crippen molar-refractivity contribution in [3.63, 3.8) is 0 Å². The van der Waals surface area contributed by atoms with E-state index in [9.17, 15) is 0 Å². The van der Waals surface area contributed by atoms with Gasteiger partial charge in [0.1, 0.15) is 0 Å². The van der Waals surface area contributed by atoms with Gasteiger partial charge in [0.25, 0.3) is 0 Å². The summed E-state index contributed by atoms with van der Waals surface area (Å²) in [5.41, 5.74) is 2.81. The van der Waals surface area contributed by atoms with Gasteiger partial charge in [0.2, 0.25) is 0 Å². The Labute approximate surface area is 83.9 Å². The molecule has 1 aliphatic heterocycles. The second-order valence-electron chi connectivity index (χ2n) is 3.58. The van der Waals surface area contributed by atoms with Gasteiger partial charge in [-0.3, -0.25) is 0 Å². The fourth-order valence-electron chi connectivity index (χ4n) is 1.57. The fourth-order valence-corrected chi connectivity index (χ4v) is 2.59. The van der Waals surface area contributed by atoms with Crippen LogP contribution in [0.5, 0.6) is 0 Å². The van der Waals surface area contributed by atoms with Crippen LogP contribution in [0.15, 0.2) is 24.3 Å². The van der Waals surface area contributed by atoms with Gasteiger partial charge in [-0.05, 0) is 18.9 Å². The summed E-state index contributed by atoms with van der Waals surface area (Å²) in [7, 11) is 0. The second-order valence-corrected chi connectivity index (χ2v) is 4.87. The van der Waals surface area contributed by atoms with E-state index >= 15 is 0 Å². The first kappa shape index (κ1) is 9.10. The van der Waals surface area contributed by atoms with Gasteiger partial charge < -0.3 is 5.32 Å². The summed E-state index contributed by atoms with van der Waals surface area (Å²) in [4.78, 5) is 0. The second kappa shape index (κ2) is 4.16. The maximum absolute atomic E-state index is 3.37. The summed E-state index contributed by atoms with van der Waals surface area (Å²) in [5, 5.41) is 4.15. The van der Waals surface area contributed by atoms with Gasteiger partial charge in [0.15, 0.2) is 0 Å². The van der Waals surface area contributed by atoms with Gasteiger partial charge in [0, 0.05) is 17.7 Å². The molecule has 13 heavy (non-hydrogen) atoms. The molecule has 2 rings (SSSR count). The number of hydrogen-bond acceptors (Lipinski definition) is 2. The van der Waals surface area contributed by atoms with Crippen molar-refractivity contribution >= 4 is 11.8 Å². The van der Waals surface area contributed by atoms with Crippen molar-refractivity contribution < 1.29 is 0 Å². The molecule has 0 amide bonds. The molecule has 1 N–H and O–H groups in total. The number of rotatable bonds is 2. The van der Waals surface area contributed by atoms with E-state index in [0.29, 0.717) is 0 Å². The molecule has 1 aliphatic rings. The maximum Gasteiger partial charge on any atom is 0.0421 e. The van der Waals surface area contributed by atoms with Crippen LogP contribution in [0.2, 0.25) is 0 Å². The van der Waals surface area contributed by atoms with Crippen LogP contribution < -0.4 is 5.32 Å². The van der Waals surface area contributed by atoms with Crippen LogP contribution in [0.3, 0.4) is 0 Å². The van der Waals surface area contributed by atoms with Crippen LogP contribution >= 0.6 is 11.8 Å². The Balaban J connectivity index is 1.97. The molecule has 2 heteroatoms. The fraction of sp³-hybridized carbons (Fsp3) is 0.455. The minimum Gasteiger partial charge on any atom is -0.307 e. The number of thioether (sulfide) groups is 1. The van der Waals surface area contributed by atoms with Crippen LogP contribution in [0, 0.1) is 6.92 Å². The van der Waals surface area contributed by atoms with E-state index in [4.69, 9.17) is 0 Å². The number of hydrogen-bond donors (Lipinski definition) is 1. The normalized spacial score (nSPS) is 22.1. The largest absolute Gasteiger partial charge is 0.307 e. The zero-order chi connectivity index (χ0) is 9.10. The summed E-state index contributed by atoms with van der Waals surface area (Å²) in [5.74, 6) is 1.12. The van der Waals surface area contributed by atoms with Crippen molar-refractivity contribution in [2.45, 2.75) is 18.6 Å². The average Bonchev–Trinajstić information content (AvgIpc) is 2.62. The third-order valence-electron chi connectivity index (χ3n) is 2.38. The van der Waals surface area contributed by atoms with E-state index in [1.54, 1.807) is 0 Å². The summed E-state index contributed by atoms with van der Waals surface area (Å²) in [6.45, 7) is 3.30. The molecule has 1 nitrogen and oxygen atoms in total. The predicted octanol–water partition coefficient (Wildman–Crippen LogP) is 2.20. The number of aryl methyl sites for hydroxylation is 1. The van der Waals surface area contributed by atoms with E-state index in [0.717, 1.165) is 11.1 Å². The van der Waals surface area contributed by atoms with Gasteiger partial charge in [0.05, 0.1) is 0 Å². The van der Waals surface area contributed by atoms with Crippen LogP contribution in [0.1, 0.15) is 11.1 Å². The van der Waals surface area contributed by atoms with Crippen molar-refractivity contribution in [1.82, 2.24) is 5.32 Å². The zero-order valence-corrected chi connectivity index (χ0v) is 8.73. The smallest absolute Gasteiger partial charge is 0.0421 e. The van der Waals surface area contributed by atoms with Crippen molar-refractivity contribution in [2.24, 2.45) is 0 Å². The maximum atomic E-state index is 3.37. The quantitative estimate of drug-likeness (QED) is 0.773. The molecule has 0 aromatic heterocycles. The van der Waals surface area contributed by atoms with Gasteiger partial charge >= 0.3 is 0 Å². The molecule has 0 radical (unpaired) electrons. The van der Waals surface area contributed by atoms with Gasteiger partial charge in [-0.1, -0.05) is 29.8 Å². The van der Waals surface area contributed by atoms with E-state index in [1.165, 1.54) is 24.1 Å². The Kier molecular flexibility index (Phi) is 2.91. The Hall–Kier alpha value is -0.470. The first-order valence-corrected chi connectivity index (χ1v) is 5.77. The summed E-state index contributed by atoms with van der Waals surface area (Å²) in [6.07, 6.45) is 1.21. The number of benzene rings is 1. The highest BCUT2D eigenvalue weighted by molar-refractivity contribution is 8.00.